The third-order valence-corrected chi connectivity index (χ3v) is 11.8. The summed E-state index contributed by atoms with van der Waals surface area (Å²) < 4.78 is 24.7. The zero-order chi connectivity index (χ0) is 38.1. The van der Waals surface area contributed by atoms with Crippen LogP contribution in [0.3, 0.4) is 0 Å². The number of ketones is 1. The van der Waals surface area contributed by atoms with Gasteiger partial charge in [0.1, 0.15) is 34.7 Å². The van der Waals surface area contributed by atoms with Crippen molar-refractivity contribution in [2.75, 3.05) is 26.4 Å². The van der Waals surface area contributed by atoms with Crippen LogP contribution in [-0.2, 0) is 32.1 Å². The summed E-state index contributed by atoms with van der Waals surface area (Å²) >= 11 is 0. The van der Waals surface area contributed by atoms with Crippen molar-refractivity contribution in [3.05, 3.63) is 69.6 Å². The van der Waals surface area contributed by atoms with Gasteiger partial charge in [-0.2, -0.15) is 0 Å². The number of carbonyl (C=O) groups excluding carboxylic acids is 3. The zero-order valence-electron chi connectivity index (χ0n) is 30.8. The molecule has 12 heteroatoms. The molecular formula is C42H49NO11. The van der Waals surface area contributed by atoms with Crippen molar-refractivity contribution < 1.29 is 53.8 Å². The highest BCUT2D eigenvalue weighted by molar-refractivity contribution is 6.11. The maximum Gasteiger partial charge on any atom is 0.375 e. The van der Waals surface area contributed by atoms with E-state index >= 15 is 0 Å². The topological polar surface area (TPSA) is 185 Å². The van der Waals surface area contributed by atoms with Gasteiger partial charge in [0.2, 0.25) is 5.76 Å². The molecule has 2 saturated carbocycles. The van der Waals surface area contributed by atoms with Crippen LogP contribution in [0, 0.1) is 11.8 Å². The van der Waals surface area contributed by atoms with E-state index in [1.54, 1.807) is 13.8 Å². The first-order valence-corrected chi connectivity index (χ1v) is 19.1. The second-order valence-electron chi connectivity index (χ2n) is 15.0. The molecule has 4 aliphatic rings. The number of H-pyrrole nitrogens is 1. The van der Waals surface area contributed by atoms with Gasteiger partial charge in [-0.15, -0.1) is 0 Å². The maximum absolute atomic E-state index is 14.0. The van der Waals surface area contributed by atoms with Crippen molar-refractivity contribution in [1.82, 2.24) is 4.98 Å². The Morgan fingerprint density at radius 1 is 1.07 bits per heavy atom. The molecule has 12 nitrogen and oxygen atoms in total. The van der Waals surface area contributed by atoms with Crippen LogP contribution >= 0.6 is 0 Å². The summed E-state index contributed by atoms with van der Waals surface area (Å²) in [5, 5.41) is 44.3. The molecule has 0 radical (unpaired) electrons. The summed E-state index contributed by atoms with van der Waals surface area (Å²) in [6.07, 6.45) is 7.19. The fourth-order valence-corrected chi connectivity index (χ4v) is 8.92. The molecule has 3 heterocycles. The molecule has 2 aliphatic heterocycles. The van der Waals surface area contributed by atoms with Gasteiger partial charge in [-0.05, 0) is 74.6 Å². The van der Waals surface area contributed by atoms with E-state index in [9.17, 15) is 34.8 Å². The van der Waals surface area contributed by atoms with Crippen LogP contribution in [0.25, 0.3) is 16.5 Å². The molecule has 288 valence electrons. The lowest BCUT2D eigenvalue weighted by Crippen LogP contribution is -2.49. The summed E-state index contributed by atoms with van der Waals surface area (Å²) in [6.45, 7) is 2.32. The molecule has 4 unspecified atom stereocenters. The molecular weight excluding hydrogens is 694 g/mol. The van der Waals surface area contributed by atoms with E-state index in [2.05, 4.69) is 4.98 Å². The van der Waals surface area contributed by atoms with Gasteiger partial charge in [0.25, 0.3) is 0 Å². The predicted octanol–water partition coefficient (Wildman–Crippen LogP) is 4.97. The third-order valence-electron chi connectivity index (χ3n) is 11.8. The van der Waals surface area contributed by atoms with E-state index in [4.69, 9.17) is 18.9 Å². The molecule has 1 aromatic heterocycles. The Morgan fingerprint density at radius 2 is 1.87 bits per heavy atom. The van der Waals surface area contributed by atoms with Crippen LogP contribution in [0.4, 0.5) is 0 Å². The number of aromatic amines is 1. The highest BCUT2D eigenvalue weighted by Crippen LogP contribution is 2.57. The van der Waals surface area contributed by atoms with E-state index < -0.39 is 42.7 Å². The second-order valence-corrected chi connectivity index (χ2v) is 15.0. The smallest absolute Gasteiger partial charge is 0.375 e. The average Bonchev–Trinajstić information content (AvgIpc) is 3.86. The SMILES string of the molecule is CCOC(=O)C1=C(C=O)C(=C2CC(CO)C(=O)C(c3ccc4[nH]ccc4c3)C2)c2c(OCCCO)c3c(c(CO)c2O1)OC(C(C)(O)C1CCCCC1)C3. The van der Waals surface area contributed by atoms with Gasteiger partial charge in [-0.25, -0.2) is 4.79 Å². The van der Waals surface area contributed by atoms with E-state index in [-0.39, 0.29) is 91.3 Å². The number of Topliss-reactive ketones (excluding diaryl/α,β-unsaturated/α-hetero) is 1. The first-order valence-electron chi connectivity index (χ1n) is 19.1. The highest BCUT2D eigenvalue weighted by Gasteiger charge is 2.49. The monoisotopic (exact) mass is 743 g/mol. The molecule has 0 spiro atoms. The molecule has 2 aliphatic carbocycles. The molecule has 0 amide bonds. The molecule has 7 rings (SSSR count). The molecule has 54 heavy (non-hydrogen) atoms. The number of nitrogens with one attached hydrogen (secondary N) is 1. The Kier molecular flexibility index (Phi) is 11.0. The van der Waals surface area contributed by atoms with Gasteiger partial charge in [-0.1, -0.05) is 30.9 Å². The van der Waals surface area contributed by atoms with Crippen LogP contribution < -0.4 is 14.2 Å². The molecule has 0 bridgehead atoms. The Hall–Kier alpha value is -4.49. The van der Waals surface area contributed by atoms with Crippen LogP contribution in [-0.4, -0.2) is 81.6 Å². The number of hydrogen-bond donors (Lipinski definition) is 5. The van der Waals surface area contributed by atoms with E-state index in [0.717, 1.165) is 48.6 Å². The van der Waals surface area contributed by atoms with Crippen molar-refractivity contribution in [2.45, 2.75) is 95.9 Å². The predicted molar refractivity (Wildman–Crippen MR) is 198 cm³/mol. The standard InChI is InChI=1S/C42H49NO11/c1-3-51-41(49)40-30(21-46)34(25-17-26(20-45)36(48)28(18-25)23-10-11-32-24(16-23)12-13-43-32)35-38(52-15-7-14-44)29-19-33(42(2,50)27-8-5-4-6-9-27)53-37(29)31(22-47)39(35)54-40/h10-13,16,21,26-28,33,43-45,47,50H,3-9,14-15,17-20,22H2,1-2H3. The van der Waals surface area contributed by atoms with Crippen LogP contribution in [0.5, 0.6) is 17.2 Å². The van der Waals surface area contributed by atoms with E-state index in [1.165, 1.54) is 0 Å². The van der Waals surface area contributed by atoms with Crippen molar-refractivity contribution in [2.24, 2.45) is 11.8 Å². The van der Waals surface area contributed by atoms with Gasteiger partial charge < -0.3 is 44.4 Å². The number of rotatable bonds is 12. The van der Waals surface area contributed by atoms with Gasteiger partial charge in [0, 0.05) is 54.1 Å². The Balaban J connectivity index is 1.46. The molecule has 2 aromatic carbocycles. The van der Waals surface area contributed by atoms with Crippen LogP contribution in [0.2, 0.25) is 0 Å². The van der Waals surface area contributed by atoms with E-state index in [0.29, 0.717) is 28.6 Å². The third kappa shape index (κ3) is 6.63. The average molecular weight is 744 g/mol. The number of benzene rings is 2. The highest BCUT2D eigenvalue weighted by atomic mass is 16.6. The summed E-state index contributed by atoms with van der Waals surface area (Å²) in [7, 11) is 0. The minimum Gasteiger partial charge on any atom is -0.492 e. The Labute approximate surface area is 313 Å². The number of ether oxygens (including phenoxy) is 4. The lowest BCUT2D eigenvalue weighted by molar-refractivity contribution is -0.141. The summed E-state index contributed by atoms with van der Waals surface area (Å²) in [4.78, 5) is 44.0. The van der Waals surface area contributed by atoms with Crippen molar-refractivity contribution >= 4 is 34.5 Å². The summed E-state index contributed by atoms with van der Waals surface area (Å²) in [6, 6.07) is 7.62. The Bertz CT molecular complexity index is 2000. The van der Waals surface area contributed by atoms with E-state index in [1.807, 2.05) is 30.5 Å². The van der Waals surface area contributed by atoms with Crippen molar-refractivity contribution in [1.29, 1.82) is 0 Å². The number of aldehydes is 1. The normalized spacial score (nSPS) is 24.0. The second kappa shape index (κ2) is 15.7. The zero-order valence-corrected chi connectivity index (χ0v) is 30.8. The number of carbonyl (C=O) groups is 3. The maximum atomic E-state index is 14.0. The quantitative estimate of drug-likeness (QED) is 0.0959. The molecule has 3 aromatic rings. The first-order chi connectivity index (χ1) is 26.2. The van der Waals surface area contributed by atoms with Crippen molar-refractivity contribution in [3.8, 4) is 17.2 Å². The van der Waals surface area contributed by atoms with Gasteiger partial charge in [0.15, 0.2) is 6.29 Å². The molecule has 5 N–H and O–H groups in total. The lowest BCUT2D eigenvalue weighted by Gasteiger charge is -2.39. The molecule has 0 saturated heterocycles. The largest absolute Gasteiger partial charge is 0.492 e. The van der Waals surface area contributed by atoms with Gasteiger partial charge >= 0.3 is 5.97 Å². The summed E-state index contributed by atoms with van der Waals surface area (Å²) in [5.41, 5.74) is 2.28. The fraction of sp³-hybridized carbons (Fsp3) is 0.500. The number of hydrogen-bond acceptors (Lipinski definition) is 11. The first kappa shape index (κ1) is 37.8. The van der Waals surface area contributed by atoms with Crippen LogP contribution in [0.15, 0.2) is 47.4 Å². The number of allylic oxidation sites excluding steroid dienone is 3. The summed E-state index contributed by atoms with van der Waals surface area (Å²) in [5.74, 6) is -2.36. The van der Waals surface area contributed by atoms with Gasteiger partial charge in [-0.3, -0.25) is 9.59 Å². The Morgan fingerprint density at radius 3 is 2.57 bits per heavy atom. The fourth-order valence-electron chi connectivity index (χ4n) is 8.92. The van der Waals surface area contributed by atoms with Gasteiger partial charge in [0.05, 0.1) is 43.1 Å². The lowest BCUT2D eigenvalue weighted by atomic mass is 9.71. The number of aliphatic hydroxyl groups excluding tert-OH is 3. The van der Waals surface area contributed by atoms with Crippen molar-refractivity contribution in [3.63, 3.8) is 0 Å². The van der Waals surface area contributed by atoms with Crippen LogP contribution in [0.1, 0.15) is 93.4 Å². The molecule has 4 atom stereocenters. The minimum absolute atomic E-state index is 0.00497. The molecule has 2 fully saturated rings. The number of aromatic nitrogens is 1. The number of aliphatic hydroxyl groups is 4. The number of esters is 1. The number of fused-ring (bicyclic) bond motifs is 3. The minimum atomic E-state index is -1.23.